The van der Waals surface area contributed by atoms with Gasteiger partial charge in [0.2, 0.25) is 0 Å². The Morgan fingerprint density at radius 1 is 0.697 bits per heavy atom. The first kappa shape index (κ1) is 25.0. The molecular formula is C27H20I3O2S+. The van der Waals surface area contributed by atoms with E-state index in [1.54, 1.807) is 0 Å². The van der Waals surface area contributed by atoms with Crippen LogP contribution in [0, 0.1) is 10.7 Å². The number of halogens is 3. The summed E-state index contributed by atoms with van der Waals surface area (Å²) < 4.78 is 8.74. The van der Waals surface area contributed by atoms with Gasteiger partial charge >= 0.3 is 5.97 Å². The van der Waals surface area contributed by atoms with Crippen LogP contribution in [0.2, 0.25) is 0 Å². The van der Waals surface area contributed by atoms with Gasteiger partial charge in [0.25, 0.3) is 0 Å². The molecule has 0 saturated heterocycles. The van der Waals surface area contributed by atoms with E-state index >= 15 is 0 Å². The van der Waals surface area contributed by atoms with E-state index in [1.165, 1.54) is 14.7 Å². The lowest BCUT2D eigenvalue weighted by Crippen LogP contribution is -2.13. The number of benzene rings is 4. The van der Waals surface area contributed by atoms with Gasteiger partial charge in [-0.25, -0.2) is 4.79 Å². The third kappa shape index (κ3) is 5.94. The Hall–Kier alpha value is -1.11. The Bertz CT molecular complexity index is 1210. The molecule has 1 unspecified atom stereocenters. The lowest BCUT2D eigenvalue weighted by atomic mass is 10.1. The zero-order valence-electron chi connectivity index (χ0n) is 17.7. The van der Waals surface area contributed by atoms with Crippen molar-refractivity contribution in [3.05, 3.63) is 119 Å². The van der Waals surface area contributed by atoms with Gasteiger partial charge in [0.05, 0.1) is 16.5 Å². The SMILES string of the molecule is CC(OC(=O)c1c(I)ccc(I)c1I)c1ccc([S+](c2ccccc2)c2ccccc2)cc1. The standard InChI is InChI=1S/C27H20I3O2S/c1-18(32-27(31)25-23(28)16-17-24(29)26(25)30)19-12-14-22(15-13-19)33(20-8-4-2-5-9-20)21-10-6-3-7-11-21/h2-18H,1H3/q+1. The number of rotatable bonds is 6. The van der Waals surface area contributed by atoms with Gasteiger partial charge in [-0.3, -0.25) is 0 Å². The molecule has 1 atom stereocenters. The highest BCUT2D eigenvalue weighted by molar-refractivity contribution is 14.1. The second-order valence-electron chi connectivity index (χ2n) is 7.27. The third-order valence-electron chi connectivity index (χ3n) is 5.07. The van der Waals surface area contributed by atoms with Gasteiger partial charge in [-0.05, 0) is 129 Å². The highest BCUT2D eigenvalue weighted by Crippen LogP contribution is 2.32. The van der Waals surface area contributed by atoms with Crippen molar-refractivity contribution in [2.45, 2.75) is 27.7 Å². The summed E-state index contributed by atoms with van der Waals surface area (Å²) in [5.41, 5.74) is 1.62. The van der Waals surface area contributed by atoms with Crippen molar-refractivity contribution < 1.29 is 9.53 Å². The Labute approximate surface area is 238 Å². The average molecular weight is 789 g/mol. The van der Waals surface area contributed by atoms with E-state index in [0.29, 0.717) is 5.56 Å². The molecule has 4 rings (SSSR count). The number of carbonyl (C=O) groups excluding carboxylic acids is 1. The van der Waals surface area contributed by atoms with E-state index in [0.717, 1.165) is 16.3 Å². The molecule has 0 saturated carbocycles. The molecule has 0 spiro atoms. The lowest BCUT2D eigenvalue weighted by Gasteiger charge is -2.16. The molecule has 33 heavy (non-hydrogen) atoms. The minimum atomic E-state index is -0.341. The zero-order chi connectivity index (χ0) is 23.4. The van der Waals surface area contributed by atoms with E-state index < -0.39 is 0 Å². The molecule has 0 heterocycles. The van der Waals surface area contributed by atoms with Crippen LogP contribution in [0.5, 0.6) is 0 Å². The minimum Gasteiger partial charge on any atom is -0.454 e. The molecule has 0 aliphatic rings. The number of carbonyl (C=O) groups is 1. The summed E-state index contributed by atoms with van der Waals surface area (Å²) in [4.78, 5) is 16.7. The van der Waals surface area contributed by atoms with Gasteiger partial charge in [0.15, 0.2) is 14.7 Å². The first-order valence-electron chi connectivity index (χ1n) is 10.2. The Morgan fingerprint density at radius 2 is 1.18 bits per heavy atom. The van der Waals surface area contributed by atoms with Crippen LogP contribution >= 0.6 is 67.8 Å². The summed E-state index contributed by atoms with van der Waals surface area (Å²) in [6.45, 7) is 1.93. The molecule has 0 N–H and O–H groups in total. The van der Waals surface area contributed by atoms with Crippen molar-refractivity contribution in [2.24, 2.45) is 0 Å². The van der Waals surface area contributed by atoms with Crippen LogP contribution in [0.4, 0.5) is 0 Å². The first-order valence-corrected chi connectivity index (χ1v) is 14.7. The number of hydrogen-bond donors (Lipinski definition) is 0. The third-order valence-corrected chi connectivity index (χ3v) is 11.3. The van der Waals surface area contributed by atoms with Gasteiger partial charge in [0, 0.05) is 10.7 Å². The van der Waals surface area contributed by atoms with Gasteiger partial charge in [-0.1, -0.05) is 48.5 Å². The van der Waals surface area contributed by atoms with Crippen molar-refractivity contribution in [2.75, 3.05) is 0 Å². The van der Waals surface area contributed by atoms with Crippen LogP contribution in [0.25, 0.3) is 0 Å². The van der Waals surface area contributed by atoms with Crippen molar-refractivity contribution in [3.8, 4) is 0 Å². The van der Waals surface area contributed by atoms with Gasteiger partial charge in [-0.15, -0.1) is 0 Å². The zero-order valence-corrected chi connectivity index (χ0v) is 25.0. The van der Waals surface area contributed by atoms with Crippen LogP contribution in [0.15, 0.2) is 112 Å². The largest absolute Gasteiger partial charge is 0.454 e. The smallest absolute Gasteiger partial charge is 0.340 e. The van der Waals surface area contributed by atoms with Crippen molar-refractivity contribution in [1.82, 2.24) is 0 Å². The Balaban J connectivity index is 1.58. The quantitative estimate of drug-likeness (QED) is 0.0849. The summed E-state index contributed by atoms with van der Waals surface area (Å²) in [5.74, 6) is -0.285. The second kappa shape index (κ2) is 11.5. The molecule has 0 aliphatic heterocycles. The minimum absolute atomic E-state index is 0.196. The van der Waals surface area contributed by atoms with Crippen molar-refractivity contribution in [3.63, 3.8) is 0 Å². The summed E-state index contributed by atoms with van der Waals surface area (Å²) in [7, 11) is -0.196. The molecule has 0 aliphatic carbocycles. The maximum atomic E-state index is 12.9. The monoisotopic (exact) mass is 789 g/mol. The maximum Gasteiger partial charge on any atom is 0.340 e. The molecular weight excluding hydrogens is 769 g/mol. The van der Waals surface area contributed by atoms with Gasteiger partial charge < -0.3 is 4.74 Å². The summed E-state index contributed by atoms with van der Waals surface area (Å²) in [6, 6.07) is 33.6. The summed E-state index contributed by atoms with van der Waals surface area (Å²) in [5, 5.41) is 0. The number of ether oxygens (including phenoxy) is 1. The predicted molar refractivity (Wildman–Crippen MR) is 160 cm³/mol. The number of esters is 1. The Morgan fingerprint density at radius 3 is 1.73 bits per heavy atom. The van der Waals surface area contributed by atoms with Gasteiger partial charge in [0.1, 0.15) is 6.10 Å². The molecule has 2 nitrogen and oxygen atoms in total. The fraction of sp³-hybridized carbons (Fsp3) is 0.0741. The van der Waals surface area contributed by atoms with Crippen LogP contribution in [-0.4, -0.2) is 5.97 Å². The molecule has 4 aromatic rings. The average Bonchev–Trinajstić information content (AvgIpc) is 2.84. The summed E-state index contributed by atoms with van der Waals surface area (Å²) in [6.07, 6.45) is -0.341. The van der Waals surface area contributed by atoms with Gasteiger partial charge in [-0.2, -0.15) is 0 Å². The summed E-state index contributed by atoms with van der Waals surface area (Å²) >= 11 is 6.66. The highest BCUT2D eigenvalue weighted by atomic mass is 127. The number of hydrogen-bond acceptors (Lipinski definition) is 2. The van der Waals surface area contributed by atoms with Crippen LogP contribution < -0.4 is 0 Å². The van der Waals surface area contributed by atoms with Crippen molar-refractivity contribution >= 4 is 84.6 Å². The lowest BCUT2D eigenvalue weighted by molar-refractivity contribution is 0.0335. The van der Waals surface area contributed by atoms with Crippen molar-refractivity contribution in [1.29, 1.82) is 0 Å². The molecule has 0 fully saturated rings. The van der Waals surface area contributed by atoms with Crippen LogP contribution in [-0.2, 0) is 15.6 Å². The first-order chi connectivity index (χ1) is 16.0. The molecule has 4 aromatic carbocycles. The maximum absolute atomic E-state index is 12.9. The molecule has 0 radical (unpaired) electrons. The molecule has 0 amide bonds. The van der Waals surface area contributed by atoms with Crippen LogP contribution in [0.3, 0.4) is 0 Å². The molecule has 0 bridgehead atoms. The second-order valence-corrected chi connectivity index (χ2v) is 12.7. The Kier molecular flexibility index (Phi) is 8.75. The van der Waals surface area contributed by atoms with E-state index in [2.05, 4.69) is 141 Å². The van der Waals surface area contributed by atoms with E-state index in [-0.39, 0.29) is 23.0 Å². The van der Waals surface area contributed by atoms with E-state index in [1.807, 2.05) is 31.2 Å². The van der Waals surface area contributed by atoms with E-state index in [9.17, 15) is 4.79 Å². The molecule has 0 aromatic heterocycles. The normalized spacial score (nSPS) is 11.9. The fourth-order valence-electron chi connectivity index (χ4n) is 3.40. The fourth-order valence-corrected chi connectivity index (χ4v) is 7.81. The molecule has 166 valence electrons. The van der Waals surface area contributed by atoms with E-state index in [4.69, 9.17) is 4.74 Å². The topological polar surface area (TPSA) is 26.3 Å². The van der Waals surface area contributed by atoms with Crippen LogP contribution in [0.1, 0.15) is 28.9 Å². The predicted octanol–water partition coefficient (Wildman–Crippen LogP) is 8.51. The highest BCUT2D eigenvalue weighted by Gasteiger charge is 2.28. The molecule has 6 heteroatoms.